The molecule has 2 rings (SSSR count). The van der Waals surface area contributed by atoms with Gasteiger partial charge in [-0.3, -0.25) is 14.4 Å². The third-order valence-corrected chi connectivity index (χ3v) is 6.22. The number of carboxylic acids is 1. The van der Waals surface area contributed by atoms with Crippen molar-refractivity contribution in [3.8, 4) is 0 Å². The van der Waals surface area contributed by atoms with Crippen LogP contribution in [0.4, 0.5) is 5.13 Å². The Balaban J connectivity index is 1.73. The number of benzene rings is 1. The highest BCUT2D eigenvalue weighted by Gasteiger charge is 2.25. The van der Waals surface area contributed by atoms with Crippen LogP contribution in [0.2, 0.25) is 0 Å². The van der Waals surface area contributed by atoms with Crippen LogP contribution in [0.1, 0.15) is 18.5 Å². The maximum absolute atomic E-state index is 12.3. The molecule has 0 radical (unpaired) electrons. The van der Waals surface area contributed by atoms with E-state index in [0.29, 0.717) is 18.0 Å². The average molecular weight is 470 g/mol. The lowest BCUT2D eigenvalue weighted by Crippen LogP contribution is -2.49. The monoisotopic (exact) mass is 469 g/mol. The number of rotatable bonds is 12. The van der Waals surface area contributed by atoms with Crippen LogP contribution in [-0.2, 0) is 30.8 Å². The van der Waals surface area contributed by atoms with Gasteiger partial charge in [-0.2, -0.15) is 4.72 Å². The fourth-order valence-electron chi connectivity index (χ4n) is 2.45. The van der Waals surface area contributed by atoms with E-state index in [2.05, 4.69) is 15.6 Å². The molecule has 1 aromatic heterocycles. The van der Waals surface area contributed by atoms with Gasteiger partial charge in [0.2, 0.25) is 21.8 Å². The summed E-state index contributed by atoms with van der Waals surface area (Å²) < 4.78 is 26.5. The van der Waals surface area contributed by atoms with Crippen LogP contribution in [0.15, 0.2) is 40.6 Å². The minimum Gasteiger partial charge on any atom is -0.480 e. The van der Waals surface area contributed by atoms with Crippen molar-refractivity contribution in [2.45, 2.75) is 30.2 Å². The van der Waals surface area contributed by atoms with Crippen molar-refractivity contribution in [3.05, 3.63) is 41.4 Å². The van der Waals surface area contributed by atoms with Crippen LogP contribution >= 0.6 is 11.3 Å². The van der Waals surface area contributed by atoms with Crippen molar-refractivity contribution in [2.24, 2.45) is 0 Å². The van der Waals surface area contributed by atoms with E-state index in [0.717, 1.165) is 5.69 Å². The number of carbonyl (C=O) groups is 3. The van der Waals surface area contributed by atoms with Gasteiger partial charge >= 0.3 is 5.97 Å². The maximum Gasteiger partial charge on any atom is 0.323 e. The van der Waals surface area contributed by atoms with Crippen molar-refractivity contribution in [3.63, 3.8) is 0 Å². The highest BCUT2D eigenvalue weighted by molar-refractivity contribution is 7.89. The fourth-order valence-corrected chi connectivity index (χ4v) is 4.26. The molecule has 0 fully saturated rings. The molecule has 1 aromatic carbocycles. The molecule has 0 aliphatic carbocycles. The summed E-state index contributed by atoms with van der Waals surface area (Å²) in [6.45, 7) is -0.846. The fraction of sp³-hybridized carbons (Fsp3) is 0.333. The molecule has 13 heteroatoms. The molecule has 0 bridgehead atoms. The molecular formula is C18H23N5O6S2. The van der Waals surface area contributed by atoms with Crippen molar-refractivity contribution in [2.75, 3.05) is 18.8 Å². The summed E-state index contributed by atoms with van der Waals surface area (Å²) in [5.41, 5.74) is 6.33. The molecule has 0 saturated carbocycles. The van der Waals surface area contributed by atoms with Crippen LogP contribution in [0.25, 0.3) is 0 Å². The summed E-state index contributed by atoms with van der Waals surface area (Å²) in [6, 6.07) is 5.69. The highest BCUT2D eigenvalue weighted by atomic mass is 32.2. The molecule has 11 nitrogen and oxygen atoms in total. The number of amides is 2. The molecule has 2 aromatic rings. The zero-order valence-electron chi connectivity index (χ0n) is 16.4. The third kappa shape index (κ3) is 8.32. The number of nitrogen functional groups attached to an aromatic ring is 1. The van der Waals surface area contributed by atoms with E-state index in [1.54, 1.807) is 6.07 Å². The standard InChI is InChI=1S/C18H23N5O6S2/c19-18-22-12(11-30-18)5-4-8-15(24)21-10-16(25)20-9-14(17(26)27)23-31(28,29)13-6-2-1-3-7-13/h1-3,6-7,11,14,23H,4-5,8-10H2,(H2,19,22)(H,20,25)(H,21,24)(H,26,27)/t14-/m1/s1. The van der Waals surface area contributed by atoms with Crippen molar-refractivity contribution in [1.82, 2.24) is 20.3 Å². The number of aryl methyl sites for hydroxylation is 1. The van der Waals surface area contributed by atoms with Gasteiger partial charge in [-0.15, -0.1) is 11.3 Å². The van der Waals surface area contributed by atoms with Gasteiger partial charge in [0, 0.05) is 18.3 Å². The SMILES string of the molecule is Nc1nc(CCCC(=O)NCC(=O)NC[C@@H](NS(=O)(=O)c2ccccc2)C(=O)O)cs1. The Labute approximate surface area is 183 Å². The second-order valence-electron chi connectivity index (χ2n) is 6.44. The summed E-state index contributed by atoms with van der Waals surface area (Å²) in [5, 5.41) is 16.2. The summed E-state index contributed by atoms with van der Waals surface area (Å²) in [5.74, 6) is -2.45. The predicted molar refractivity (Wildman–Crippen MR) is 114 cm³/mol. The Kier molecular flexibility index (Phi) is 8.90. The minimum atomic E-state index is -4.07. The molecule has 6 N–H and O–H groups in total. The first-order valence-corrected chi connectivity index (χ1v) is 11.6. The van der Waals surface area contributed by atoms with Gasteiger partial charge < -0.3 is 21.5 Å². The number of nitrogens with zero attached hydrogens (tertiary/aromatic N) is 1. The van der Waals surface area contributed by atoms with Gasteiger partial charge in [0.05, 0.1) is 17.1 Å². The summed E-state index contributed by atoms with van der Waals surface area (Å²) in [6.07, 6.45) is 1.29. The van der Waals surface area contributed by atoms with E-state index in [1.165, 1.54) is 35.6 Å². The molecule has 1 atom stereocenters. The van der Waals surface area contributed by atoms with Crippen LogP contribution in [0.3, 0.4) is 0 Å². The van der Waals surface area contributed by atoms with E-state index in [4.69, 9.17) is 5.73 Å². The molecule has 0 saturated heterocycles. The summed E-state index contributed by atoms with van der Waals surface area (Å²) in [4.78, 5) is 39.1. The molecule has 0 aliphatic rings. The molecule has 0 unspecified atom stereocenters. The number of hydrogen-bond acceptors (Lipinski definition) is 8. The number of anilines is 1. The number of aromatic nitrogens is 1. The minimum absolute atomic E-state index is 0.0971. The zero-order chi connectivity index (χ0) is 22.9. The van der Waals surface area contributed by atoms with E-state index < -0.39 is 34.5 Å². The first-order valence-electron chi connectivity index (χ1n) is 9.21. The summed E-state index contributed by atoms with van der Waals surface area (Å²) in [7, 11) is -4.07. The molecule has 0 spiro atoms. The van der Waals surface area contributed by atoms with Crippen molar-refractivity contribution in [1.29, 1.82) is 0 Å². The number of sulfonamides is 1. The van der Waals surface area contributed by atoms with Crippen LogP contribution < -0.4 is 21.1 Å². The number of nitrogens with one attached hydrogen (secondary N) is 3. The average Bonchev–Trinajstić information content (AvgIpc) is 3.15. The first-order chi connectivity index (χ1) is 14.7. The van der Waals surface area contributed by atoms with E-state index in [-0.39, 0.29) is 23.8 Å². The second-order valence-corrected chi connectivity index (χ2v) is 9.04. The predicted octanol–water partition coefficient (Wildman–Crippen LogP) is -0.288. The normalized spacial score (nSPS) is 12.1. The van der Waals surface area contributed by atoms with Crippen molar-refractivity contribution >= 4 is 44.3 Å². The topological polar surface area (TPSA) is 181 Å². The Morgan fingerprint density at radius 2 is 1.84 bits per heavy atom. The Bertz CT molecular complexity index is 1010. The largest absolute Gasteiger partial charge is 0.480 e. The smallest absolute Gasteiger partial charge is 0.323 e. The molecule has 2 amide bonds. The lowest BCUT2D eigenvalue weighted by Gasteiger charge is -2.15. The van der Waals surface area contributed by atoms with E-state index in [1.807, 2.05) is 10.1 Å². The zero-order valence-corrected chi connectivity index (χ0v) is 18.0. The summed E-state index contributed by atoms with van der Waals surface area (Å²) >= 11 is 1.32. The number of aliphatic carboxylic acids is 1. The van der Waals surface area contributed by atoms with Gasteiger partial charge in [-0.25, -0.2) is 13.4 Å². The Hall–Kier alpha value is -3.03. The van der Waals surface area contributed by atoms with Crippen LogP contribution in [-0.4, -0.2) is 55.4 Å². The van der Waals surface area contributed by atoms with Gasteiger partial charge in [0.1, 0.15) is 6.04 Å². The van der Waals surface area contributed by atoms with E-state index in [9.17, 15) is 27.9 Å². The molecule has 0 aliphatic heterocycles. The first kappa shape index (κ1) is 24.2. The van der Waals surface area contributed by atoms with Crippen LogP contribution in [0, 0.1) is 0 Å². The Morgan fingerprint density at radius 1 is 1.13 bits per heavy atom. The van der Waals surface area contributed by atoms with E-state index >= 15 is 0 Å². The van der Waals surface area contributed by atoms with Gasteiger partial charge in [-0.1, -0.05) is 18.2 Å². The number of hydrogen-bond donors (Lipinski definition) is 5. The number of carbonyl (C=O) groups excluding carboxylic acids is 2. The van der Waals surface area contributed by atoms with Crippen molar-refractivity contribution < 1.29 is 27.9 Å². The lowest BCUT2D eigenvalue weighted by molar-refractivity contribution is -0.139. The van der Waals surface area contributed by atoms with Gasteiger partial charge in [0.15, 0.2) is 5.13 Å². The number of nitrogens with two attached hydrogens (primary N) is 1. The maximum atomic E-state index is 12.3. The lowest BCUT2D eigenvalue weighted by atomic mass is 10.2. The molecule has 31 heavy (non-hydrogen) atoms. The number of carboxylic acid groups (broad SMARTS) is 1. The molecular weight excluding hydrogens is 446 g/mol. The molecule has 168 valence electrons. The van der Waals surface area contributed by atoms with Gasteiger partial charge in [0.25, 0.3) is 0 Å². The second kappa shape index (κ2) is 11.4. The quantitative estimate of drug-likeness (QED) is 0.281. The molecule has 1 heterocycles. The highest BCUT2D eigenvalue weighted by Crippen LogP contribution is 2.13. The number of thiazole rings is 1. The Morgan fingerprint density at radius 3 is 2.45 bits per heavy atom. The van der Waals surface area contributed by atoms with Crippen LogP contribution in [0.5, 0.6) is 0 Å². The van der Waals surface area contributed by atoms with Gasteiger partial charge in [-0.05, 0) is 25.0 Å². The third-order valence-electron chi connectivity index (χ3n) is 4.00.